The molecule has 0 bridgehead atoms. The molecular weight excluding hydrogens is 248 g/mol. The Kier molecular flexibility index (Phi) is 3.22. The first-order valence-corrected chi connectivity index (χ1v) is 5.82. The van der Waals surface area contributed by atoms with E-state index in [0.717, 1.165) is 16.8 Å². The molecule has 2 rings (SSSR count). The van der Waals surface area contributed by atoms with Gasteiger partial charge in [0.05, 0.1) is 0 Å². The van der Waals surface area contributed by atoms with E-state index in [1.807, 2.05) is 32.0 Å². The number of nitrogens with one attached hydrogen (secondary N) is 1. The molecule has 1 heterocycles. The summed E-state index contributed by atoms with van der Waals surface area (Å²) < 4.78 is 0. The minimum Gasteiger partial charge on any atom is -0.325 e. The average molecular weight is 259 g/mol. The second-order valence-corrected chi connectivity index (χ2v) is 4.51. The number of hydrogen-bond acceptors (Lipinski definition) is 2. The normalized spacial score (nSPS) is 10.1. The third kappa shape index (κ3) is 2.03. The van der Waals surface area contributed by atoms with Gasteiger partial charge in [-0.25, -0.2) is 0 Å². The number of aryl methyl sites for hydroxylation is 1. The highest BCUT2D eigenvalue weighted by molar-refractivity contribution is 6.30. The van der Waals surface area contributed by atoms with Gasteiger partial charge in [-0.15, -0.1) is 0 Å². The van der Waals surface area contributed by atoms with Crippen LogP contribution < -0.4 is 5.56 Å². The summed E-state index contributed by atoms with van der Waals surface area (Å²) >= 11 is 5.84. The molecule has 2 aromatic rings. The predicted octanol–water partition coefficient (Wildman–Crippen LogP) is 3.18. The van der Waals surface area contributed by atoms with Gasteiger partial charge >= 0.3 is 0 Å². The van der Waals surface area contributed by atoms with Gasteiger partial charge in [0.1, 0.15) is 11.6 Å². The molecule has 0 spiro atoms. The van der Waals surface area contributed by atoms with Gasteiger partial charge in [0, 0.05) is 16.3 Å². The molecule has 0 saturated heterocycles. The highest BCUT2D eigenvalue weighted by Gasteiger charge is 2.14. The van der Waals surface area contributed by atoms with Gasteiger partial charge in [-0.1, -0.05) is 23.7 Å². The minimum atomic E-state index is -0.356. The standard InChI is InChI=1S/C14H11ClN2O/c1-8-9(2)17-14(18)12(7-16)13(8)10-3-5-11(15)6-4-10/h3-6H,1-2H3,(H,17,18). The zero-order chi connectivity index (χ0) is 13.3. The zero-order valence-electron chi connectivity index (χ0n) is 10.0. The van der Waals surface area contributed by atoms with Gasteiger partial charge in [0.15, 0.2) is 0 Å². The Hall–Kier alpha value is -2.05. The van der Waals surface area contributed by atoms with Crippen molar-refractivity contribution in [1.82, 2.24) is 4.98 Å². The predicted molar refractivity (Wildman–Crippen MR) is 71.7 cm³/mol. The molecule has 0 unspecified atom stereocenters. The topological polar surface area (TPSA) is 56.6 Å². The van der Waals surface area contributed by atoms with Crippen LogP contribution in [0.25, 0.3) is 11.1 Å². The highest BCUT2D eigenvalue weighted by atomic mass is 35.5. The number of rotatable bonds is 1. The van der Waals surface area contributed by atoms with Crippen LogP contribution in [0.4, 0.5) is 0 Å². The molecule has 0 aliphatic carbocycles. The van der Waals surface area contributed by atoms with Crippen molar-refractivity contribution in [2.75, 3.05) is 0 Å². The third-order valence-electron chi connectivity index (χ3n) is 2.96. The lowest BCUT2D eigenvalue weighted by atomic mass is 9.96. The van der Waals surface area contributed by atoms with Crippen LogP contribution in [0.2, 0.25) is 5.02 Å². The molecule has 1 N–H and O–H groups in total. The van der Waals surface area contributed by atoms with Crippen LogP contribution in [0.15, 0.2) is 29.1 Å². The summed E-state index contributed by atoms with van der Waals surface area (Å²) in [4.78, 5) is 14.5. The van der Waals surface area contributed by atoms with Crippen molar-refractivity contribution in [3.63, 3.8) is 0 Å². The molecule has 0 fully saturated rings. The number of aromatic nitrogens is 1. The van der Waals surface area contributed by atoms with Crippen LogP contribution in [-0.4, -0.2) is 4.98 Å². The molecule has 0 aliphatic heterocycles. The van der Waals surface area contributed by atoms with E-state index in [1.54, 1.807) is 12.1 Å². The van der Waals surface area contributed by atoms with E-state index in [9.17, 15) is 4.79 Å². The summed E-state index contributed by atoms with van der Waals surface area (Å²) in [6.45, 7) is 3.70. The molecule has 1 aromatic heterocycles. The van der Waals surface area contributed by atoms with Crippen LogP contribution in [0.5, 0.6) is 0 Å². The Morgan fingerprint density at radius 2 is 1.83 bits per heavy atom. The molecule has 0 atom stereocenters. The maximum absolute atomic E-state index is 11.8. The van der Waals surface area contributed by atoms with Crippen LogP contribution in [0.3, 0.4) is 0 Å². The van der Waals surface area contributed by atoms with E-state index < -0.39 is 0 Å². The molecule has 0 saturated carbocycles. The number of nitriles is 1. The first kappa shape index (κ1) is 12.4. The molecule has 90 valence electrons. The molecule has 1 aromatic carbocycles. The van der Waals surface area contributed by atoms with E-state index in [2.05, 4.69) is 4.98 Å². The largest absolute Gasteiger partial charge is 0.325 e. The summed E-state index contributed by atoms with van der Waals surface area (Å²) in [5.41, 5.74) is 2.95. The second-order valence-electron chi connectivity index (χ2n) is 4.07. The van der Waals surface area contributed by atoms with Crippen LogP contribution >= 0.6 is 11.6 Å². The van der Waals surface area contributed by atoms with Crippen LogP contribution in [0.1, 0.15) is 16.8 Å². The summed E-state index contributed by atoms with van der Waals surface area (Å²) in [6, 6.07) is 9.08. The summed E-state index contributed by atoms with van der Waals surface area (Å²) in [5, 5.41) is 9.76. The van der Waals surface area contributed by atoms with Gasteiger partial charge < -0.3 is 4.98 Å². The fourth-order valence-electron chi connectivity index (χ4n) is 1.90. The van der Waals surface area contributed by atoms with Gasteiger partial charge in [0.2, 0.25) is 0 Å². The monoisotopic (exact) mass is 258 g/mol. The van der Waals surface area contributed by atoms with E-state index in [1.165, 1.54) is 0 Å². The van der Waals surface area contributed by atoms with Gasteiger partial charge in [-0.2, -0.15) is 5.26 Å². The molecular formula is C14H11ClN2O. The third-order valence-corrected chi connectivity index (χ3v) is 3.21. The van der Waals surface area contributed by atoms with Gasteiger partial charge in [-0.3, -0.25) is 4.79 Å². The zero-order valence-corrected chi connectivity index (χ0v) is 10.8. The number of nitrogens with zero attached hydrogens (tertiary/aromatic N) is 1. The Morgan fingerprint density at radius 1 is 1.22 bits per heavy atom. The lowest BCUT2D eigenvalue weighted by molar-refractivity contribution is 1.09. The molecule has 0 amide bonds. The van der Waals surface area contributed by atoms with Crippen molar-refractivity contribution in [3.05, 3.63) is 56.5 Å². The number of halogens is 1. The van der Waals surface area contributed by atoms with Crippen molar-refractivity contribution in [2.24, 2.45) is 0 Å². The number of aromatic amines is 1. The van der Waals surface area contributed by atoms with Crippen molar-refractivity contribution in [2.45, 2.75) is 13.8 Å². The lowest BCUT2D eigenvalue weighted by Crippen LogP contribution is -2.14. The maximum Gasteiger partial charge on any atom is 0.266 e. The summed E-state index contributed by atoms with van der Waals surface area (Å²) in [7, 11) is 0. The smallest absolute Gasteiger partial charge is 0.266 e. The van der Waals surface area contributed by atoms with Crippen molar-refractivity contribution in [1.29, 1.82) is 5.26 Å². The highest BCUT2D eigenvalue weighted by Crippen LogP contribution is 2.27. The first-order chi connectivity index (χ1) is 8.54. The second kappa shape index (κ2) is 4.67. The van der Waals surface area contributed by atoms with E-state index in [-0.39, 0.29) is 11.1 Å². The SMILES string of the molecule is Cc1[nH]c(=O)c(C#N)c(-c2ccc(Cl)cc2)c1C. The van der Waals surface area contributed by atoms with E-state index in [4.69, 9.17) is 16.9 Å². The average Bonchev–Trinajstić information content (AvgIpc) is 2.35. The fourth-order valence-corrected chi connectivity index (χ4v) is 2.03. The Morgan fingerprint density at radius 3 is 2.39 bits per heavy atom. The minimum absolute atomic E-state index is 0.139. The fraction of sp³-hybridized carbons (Fsp3) is 0.143. The van der Waals surface area contributed by atoms with Crippen molar-refractivity contribution in [3.8, 4) is 17.2 Å². The van der Waals surface area contributed by atoms with Gasteiger partial charge in [0.25, 0.3) is 5.56 Å². The van der Waals surface area contributed by atoms with Crippen LogP contribution in [-0.2, 0) is 0 Å². The lowest BCUT2D eigenvalue weighted by Gasteiger charge is -2.10. The number of pyridine rings is 1. The van der Waals surface area contributed by atoms with Crippen molar-refractivity contribution >= 4 is 11.6 Å². The molecule has 4 heteroatoms. The van der Waals surface area contributed by atoms with E-state index in [0.29, 0.717) is 10.6 Å². The number of hydrogen-bond donors (Lipinski definition) is 1. The quantitative estimate of drug-likeness (QED) is 0.854. The molecule has 3 nitrogen and oxygen atoms in total. The van der Waals surface area contributed by atoms with E-state index >= 15 is 0 Å². The Labute approximate surface area is 110 Å². The maximum atomic E-state index is 11.8. The number of H-pyrrole nitrogens is 1. The summed E-state index contributed by atoms with van der Waals surface area (Å²) in [6.07, 6.45) is 0. The molecule has 18 heavy (non-hydrogen) atoms. The first-order valence-electron chi connectivity index (χ1n) is 5.44. The Balaban J connectivity index is 2.82. The summed E-state index contributed by atoms with van der Waals surface area (Å²) in [5.74, 6) is 0. The molecule has 0 aliphatic rings. The number of benzene rings is 1. The van der Waals surface area contributed by atoms with Gasteiger partial charge in [-0.05, 0) is 37.1 Å². The van der Waals surface area contributed by atoms with Crippen LogP contribution in [0, 0.1) is 25.2 Å². The Bertz CT molecular complexity index is 693. The van der Waals surface area contributed by atoms with Crippen molar-refractivity contribution < 1.29 is 0 Å². The molecule has 0 radical (unpaired) electrons.